The monoisotopic (exact) mass is 363 g/mol. The van der Waals surface area contributed by atoms with E-state index in [2.05, 4.69) is 0 Å². The highest BCUT2D eigenvalue weighted by atomic mass is 32.2. The van der Waals surface area contributed by atoms with Gasteiger partial charge >= 0.3 is 11.9 Å². The first-order chi connectivity index (χ1) is 10.8. The third-order valence-electron chi connectivity index (χ3n) is 4.33. The van der Waals surface area contributed by atoms with E-state index in [1.54, 1.807) is 0 Å². The number of nitrogens with zero attached hydrogens (tertiary/aromatic N) is 1. The lowest BCUT2D eigenvalue weighted by Crippen LogP contribution is -2.65. The molecular weight excluding hydrogens is 342 g/mol. The molecular formula is C14H21NO8S. The average Bonchev–Trinajstić information content (AvgIpc) is 2.51. The van der Waals surface area contributed by atoms with Gasteiger partial charge in [-0.2, -0.15) is 0 Å². The van der Waals surface area contributed by atoms with Gasteiger partial charge in [0, 0.05) is 20.8 Å². The Hall–Kier alpha value is -1.68. The number of aliphatic hydroxyl groups is 1. The molecule has 0 aromatic rings. The Morgan fingerprint density at radius 3 is 2.29 bits per heavy atom. The highest BCUT2D eigenvalue weighted by molar-refractivity contribution is 7.93. The van der Waals surface area contributed by atoms with Crippen molar-refractivity contribution in [1.29, 1.82) is 0 Å². The Balaban J connectivity index is 2.34. The molecule has 9 nitrogen and oxygen atoms in total. The van der Waals surface area contributed by atoms with Gasteiger partial charge in [0.05, 0.1) is 17.3 Å². The number of fused-ring (bicyclic) bond motifs is 1. The van der Waals surface area contributed by atoms with Crippen molar-refractivity contribution < 1.29 is 37.4 Å². The summed E-state index contributed by atoms with van der Waals surface area (Å²) in [5, 5.41) is 7.98. The van der Waals surface area contributed by atoms with Gasteiger partial charge in [0.15, 0.2) is 9.84 Å². The van der Waals surface area contributed by atoms with Crippen LogP contribution in [0.15, 0.2) is 0 Å². The molecule has 0 bridgehead atoms. The predicted molar refractivity (Wildman–Crippen MR) is 79.9 cm³/mol. The molecule has 24 heavy (non-hydrogen) atoms. The molecule has 0 radical (unpaired) electrons. The second-order valence-electron chi connectivity index (χ2n) is 6.89. The topological polar surface area (TPSA) is 127 Å². The summed E-state index contributed by atoms with van der Waals surface area (Å²) >= 11 is 0. The van der Waals surface area contributed by atoms with E-state index < -0.39 is 62.2 Å². The number of hydrogen-bond donors (Lipinski definition) is 1. The highest BCUT2D eigenvalue weighted by Crippen LogP contribution is 2.48. The third-order valence-corrected chi connectivity index (χ3v) is 7.22. The first kappa shape index (κ1) is 18.7. The molecule has 2 saturated heterocycles. The zero-order chi connectivity index (χ0) is 18.7. The standard InChI is InChI=1S/C14H21NO8S/c1-7(17)22-14(4,5)23-12(19)9-13(2,3)24(20,21)11-8(6-16)10(18)15(9)11/h8-9,11,16H,6H2,1-5H3/t8-,9+,11-/m1/s1. The third kappa shape index (κ3) is 2.48. The highest BCUT2D eigenvalue weighted by Gasteiger charge is 2.72. The molecule has 1 N–H and O–H groups in total. The average molecular weight is 363 g/mol. The van der Waals surface area contributed by atoms with Crippen molar-refractivity contribution >= 4 is 27.7 Å². The number of esters is 2. The van der Waals surface area contributed by atoms with Gasteiger partial charge in [-0.15, -0.1) is 0 Å². The fraction of sp³-hybridized carbons (Fsp3) is 0.786. The van der Waals surface area contributed by atoms with Crippen LogP contribution >= 0.6 is 0 Å². The van der Waals surface area contributed by atoms with E-state index in [0.29, 0.717) is 0 Å². The fourth-order valence-corrected chi connectivity index (χ4v) is 5.53. The van der Waals surface area contributed by atoms with Crippen LogP contribution in [0.3, 0.4) is 0 Å². The molecule has 1 amide bonds. The van der Waals surface area contributed by atoms with Crippen molar-refractivity contribution in [2.75, 3.05) is 6.61 Å². The number of aliphatic hydroxyl groups excluding tert-OH is 1. The van der Waals surface area contributed by atoms with Gasteiger partial charge in [0.1, 0.15) is 11.4 Å². The second kappa shape index (κ2) is 5.41. The number of β-lactam (4-membered cyclic amide) rings is 1. The van der Waals surface area contributed by atoms with Crippen molar-refractivity contribution in [3.63, 3.8) is 0 Å². The molecule has 3 atom stereocenters. The number of carbonyl (C=O) groups is 3. The minimum atomic E-state index is -3.90. The maximum absolute atomic E-state index is 12.7. The van der Waals surface area contributed by atoms with Crippen molar-refractivity contribution in [3.8, 4) is 0 Å². The van der Waals surface area contributed by atoms with E-state index in [9.17, 15) is 27.9 Å². The number of hydrogen-bond acceptors (Lipinski definition) is 8. The molecule has 2 rings (SSSR count). The van der Waals surface area contributed by atoms with E-state index in [4.69, 9.17) is 9.47 Å². The number of sulfone groups is 1. The summed E-state index contributed by atoms with van der Waals surface area (Å²) in [5.74, 6) is -4.96. The maximum atomic E-state index is 12.7. The largest absolute Gasteiger partial charge is 0.423 e. The molecule has 10 heteroatoms. The maximum Gasteiger partial charge on any atom is 0.333 e. The van der Waals surface area contributed by atoms with Gasteiger partial charge in [0.25, 0.3) is 5.79 Å². The Morgan fingerprint density at radius 2 is 1.83 bits per heavy atom. The van der Waals surface area contributed by atoms with E-state index in [1.807, 2.05) is 0 Å². The van der Waals surface area contributed by atoms with Crippen LogP contribution in [-0.4, -0.2) is 64.8 Å². The molecule has 0 aromatic carbocycles. The van der Waals surface area contributed by atoms with Crippen LogP contribution in [0.4, 0.5) is 0 Å². The Labute approximate surface area is 139 Å². The molecule has 2 fully saturated rings. The van der Waals surface area contributed by atoms with Crippen molar-refractivity contribution in [3.05, 3.63) is 0 Å². The predicted octanol–water partition coefficient (Wildman–Crippen LogP) is -0.819. The van der Waals surface area contributed by atoms with Gasteiger partial charge in [-0.25, -0.2) is 13.2 Å². The van der Waals surface area contributed by atoms with E-state index >= 15 is 0 Å². The first-order valence-corrected chi connectivity index (χ1v) is 8.91. The minimum Gasteiger partial charge on any atom is -0.423 e. The number of rotatable bonds is 4. The summed E-state index contributed by atoms with van der Waals surface area (Å²) in [6.45, 7) is 5.83. The van der Waals surface area contributed by atoms with Crippen molar-refractivity contribution in [2.24, 2.45) is 5.92 Å². The lowest BCUT2D eigenvalue weighted by Gasteiger charge is -2.42. The lowest BCUT2D eigenvalue weighted by molar-refractivity contribution is -0.220. The van der Waals surface area contributed by atoms with Crippen LogP contribution in [0.5, 0.6) is 0 Å². The van der Waals surface area contributed by atoms with Crippen LogP contribution in [0, 0.1) is 5.92 Å². The zero-order valence-corrected chi connectivity index (χ0v) is 14.9. The first-order valence-electron chi connectivity index (χ1n) is 7.37. The Bertz CT molecular complexity index is 696. The molecule has 0 saturated carbocycles. The smallest absolute Gasteiger partial charge is 0.333 e. The molecule has 2 aliphatic rings. The second-order valence-corrected chi connectivity index (χ2v) is 9.52. The van der Waals surface area contributed by atoms with Gasteiger partial charge in [-0.1, -0.05) is 0 Å². The lowest BCUT2D eigenvalue weighted by atomic mass is 9.92. The molecule has 136 valence electrons. The number of amides is 1. The van der Waals surface area contributed by atoms with Crippen molar-refractivity contribution in [2.45, 2.75) is 56.6 Å². The molecule has 2 heterocycles. The van der Waals surface area contributed by atoms with Gasteiger partial charge in [0.2, 0.25) is 5.91 Å². The zero-order valence-electron chi connectivity index (χ0n) is 14.1. The van der Waals surface area contributed by atoms with Gasteiger partial charge in [-0.05, 0) is 13.8 Å². The van der Waals surface area contributed by atoms with Crippen molar-refractivity contribution in [1.82, 2.24) is 4.90 Å². The van der Waals surface area contributed by atoms with Crippen LogP contribution < -0.4 is 0 Å². The Kier molecular flexibility index (Phi) is 4.21. The SMILES string of the molecule is CC(=O)OC(C)(C)OC(=O)[C@@H]1N2C(=O)[C@@H](CO)[C@H]2S(=O)(=O)C1(C)C. The quantitative estimate of drug-likeness (QED) is 0.390. The summed E-state index contributed by atoms with van der Waals surface area (Å²) in [4.78, 5) is 36.6. The number of carbonyl (C=O) groups excluding carboxylic acids is 3. The molecule has 0 aromatic heterocycles. The van der Waals surface area contributed by atoms with E-state index in [1.165, 1.54) is 27.7 Å². The summed E-state index contributed by atoms with van der Waals surface area (Å²) in [5.41, 5.74) is 0. The normalized spacial score (nSPS) is 30.3. The number of ether oxygens (including phenoxy) is 2. The molecule has 0 spiro atoms. The van der Waals surface area contributed by atoms with Crippen LogP contribution in [0.2, 0.25) is 0 Å². The molecule has 0 unspecified atom stereocenters. The summed E-state index contributed by atoms with van der Waals surface area (Å²) in [6.07, 6.45) is 0. The van der Waals surface area contributed by atoms with Gasteiger partial charge in [-0.3, -0.25) is 9.59 Å². The summed E-state index contributed by atoms with van der Waals surface area (Å²) < 4.78 is 33.7. The fourth-order valence-electron chi connectivity index (χ4n) is 3.22. The van der Waals surface area contributed by atoms with Crippen LogP contribution in [-0.2, 0) is 33.7 Å². The molecule has 0 aliphatic carbocycles. The molecule has 2 aliphatic heterocycles. The van der Waals surface area contributed by atoms with Gasteiger partial charge < -0.3 is 19.5 Å². The summed E-state index contributed by atoms with van der Waals surface area (Å²) in [6, 6.07) is -1.38. The minimum absolute atomic E-state index is 0.615. The van der Waals surface area contributed by atoms with E-state index in [0.717, 1.165) is 11.8 Å². The van der Waals surface area contributed by atoms with Crippen LogP contribution in [0.1, 0.15) is 34.6 Å². The summed E-state index contributed by atoms with van der Waals surface area (Å²) in [7, 11) is -3.90. The van der Waals surface area contributed by atoms with E-state index in [-0.39, 0.29) is 0 Å². The Morgan fingerprint density at radius 1 is 1.29 bits per heavy atom. The van der Waals surface area contributed by atoms with Crippen LogP contribution in [0.25, 0.3) is 0 Å².